The highest BCUT2D eigenvalue weighted by Crippen LogP contribution is 2.44. The van der Waals surface area contributed by atoms with Crippen molar-refractivity contribution < 1.29 is 9.90 Å². The Kier molecular flexibility index (Phi) is 3.43. The number of phenolic OH excluding ortho intramolecular Hbond substituents is 1. The smallest absolute Gasteiger partial charge is 0.226 e. The van der Waals surface area contributed by atoms with Crippen LogP contribution in [-0.4, -0.2) is 25.7 Å². The van der Waals surface area contributed by atoms with Crippen molar-refractivity contribution in [2.75, 3.05) is 5.32 Å². The van der Waals surface area contributed by atoms with E-state index >= 15 is 0 Å². The van der Waals surface area contributed by atoms with Gasteiger partial charge < -0.3 is 10.4 Å². The molecular weight excluding hydrogens is 348 g/mol. The lowest BCUT2D eigenvalue weighted by Crippen LogP contribution is -2.33. The average Bonchev–Trinajstić information content (AvgIpc) is 3.32. The second-order valence-electron chi connectivity index (χ2n) is 6.58. The Morgan fingerprint density at radius 1 is 1.19 bits per heavy atom. The quantitative estimate of drug-likeness (QED) is 0.728. The normalized spacial score (nSPS) is 21.9. The zero-order valence-electron chi connectivity index (χ0n) is 13.8. The van der Waals surface area contributed by atoms with Gasteiger partial charge in [-0.1, -0.05) is 18.2 Å². The van der Waals surface area contributed by atoms with Gasteiger partial charge in [-0.25, -0.2) is 4.68 Å². The number of carbonyl (C=O) groups excluding carboxylic acids is 1. The molecule has 0 saturated carbocycles. The molecule has 7 heteroatoms. The van der Waals surface area contributed by atoms with Crippen molar-refractivity contribution >= 4 is 23.1 Å². The van der Waals surface area contributed by atoms with E-state index in [2.05, 4.69) is 21.5 Å². The number of aromatic nitrogens is 3. The third-order valence-electron chi connectivity index (χ3n) is 5.02. The summed E-state index contributed by atoms with van der Waals surface area (Å²) >= 11 is 1.69. The molecule has 26 heavy (non-hydrogen) atoms. The average molecular weight is 364 g/mol. The van der Waals surface area contributed by atoms with Gasteiger partial charge in [0.1, 0.15) is 18.1 Å². The summed E-state index contributed by atoms with van der Waals surface area (Å²) in [7, 11) is 0. The lowest BCUT2D eigenvalue weighted by molar-refractivity contribution is -0.116. The highest BCUT2D eigenvalue weighted by molar-refractivity contribution is 7.10. The van der Waals surface area contributed by atoms with Crippen molar-refractivity contribution in [2.24, 2.45) is 0 Å². The molecule has 0 saturated heterocycles. The van der Waals surface area contributed by atoms with Crippen molar-refractivity contribution in [3.8, 4) is 5.75 Å². The van der Waals surface area contributed by atoms with Crippen LogP contribution in [0.25, 0.3) is 0 Å². The minimum Gasteiger partial charge on any atom is -0.508 e. The Morgan fingerprint density at radius 3 is 2.81 bits per heavy atom. The summed E-state index contributed by atoms with van der Waals surface area (Å²) in [4.78, 5) is 18.7. The number of benzene rings is 1. The number of phenols is 1. The van der Waals surface area contributed by atoms with E-state index in [1.54, 1.807) is 28.2 Å². The van der Waals surface area contributed by atoms with Crippen LogP contribution in [0.15, 0.2) is 59.4 Å². The van der Waals surface area contributed by atoms with Crippen LogP contribution in [0, 0.1) is 0 Å². The van der Waals surface area contributed by atoms with Crippen LogP contribution < -0.4 is 5.32 Å². The molecule has 1 aromatic carbocycles. The lowest BCUT2D eigenvalue weighted by atomic mass is 9.80. The van der Waals surface area contributed by atoms with E-state index in [9.17, 15) is 9.90 Å². The van der Waals surface area contributed by atoms with Gasteiger partial charge >= 0.3 is 0 Å². The van der Waals surface area contributed by atoms with E-state index in [-0.39, 0.29) is 23.5 Å². The van der Waals surface area contributed by atoms with Gasteiger partial charge in [0.25, 0.3) is 0 Å². The first-order chi connectivity index (χ1) is 12.7. The predicted octanol–water partition coefficient (Wildman–Crippen LogP) is 3.46. The minimum atomic E-state index is -0.318. The first kappa shape index (κ1) is 15.3. The molecule has 5 rings (SSSR count). The number of ketones is 1. The molecule has 3 aromatic rings. The molecule has 0 fully saturated rings. The van der Waals surface area contributed by atoms with Gasteiger partial charge in [-0.3, -0.25) is 4.79 Å². The SMILES string of the molecule is O=C1C[C@@H](c2cccs2)CC2=C1[C@@H](c1ccc(O)cc1)n1ncnc1N2. The fourth-order valence-corrected chi connectivity index (χ4v) is 4.67. The molecule has 0 unspecified atom stereocenters. The van der Waals surface area contributed by atoms with Gasteiger partial charge in [0, 0.05) is 28.5 Å². The van der Waals surface area contributed by atoms with E-state index in [4.69, 9.17) is 0 Å². The lowest BCUT2D eigenvalue weighted by Gasteiger charge is -2.34. The Balaban J connectivity index is 1.62. The highest BCUT2D eigenvalue weighted by atomic mass is 32.1. The van der Waals surface area contributed by atoms with Gasteiger partial charge in [0.15, 0.2) is 5.78 Å². The monoisotopic (exact) mass is 364 g/mol. The topological polar surface area (TPSA) is 80.0 Å². The van der Waals surface area contributed by atoms with Crippen molar-refractivity contribution in [3.05, 3.63) is 69.8 Å². The molecule has 6 nitrogen and oxygen atoms in total. The van der Waals surface area contributed by atoms with Gasteiger partial charge in [0.2, 0.25) is 5.95 Å². The third-order valence-corrected chi connectivity index (χ3v) is 6.05. The highest BCUT2D eigenvalue weighted by Gasteiger charge is 2.39. The Labute approximate surface area is 153 Å². The largest absolute Gasteiger partial charge is 0.508 e. The number of nitrogens with one attached hydrogen (secondary N) is 1. The first-order valence-corrected chi connectivity index (χ1v) is 9.34. The number of hydrogen-bond acceptors (Lipinski definition) is 6. The second kappa shape index (κ2) is 5.81. The van der Waals surface area contributed by atoms with Crippen molar-refractivity contribution in [1.29, 1.82) is 0 Å². The van der Waals surface area contributed by atoms with Crippen molar-refractivity contribution in [1.82, 2.24) is 14.8 Å². The zero-order chi connectivity index (χ0) is 17.7. The summed E-state index contributed by atoms with van der Waals surface area (Å²) in [6, 6.07) is 10.7. The van der Waals surface area contributed by atoms with Crippen LogP contribution >= 0.6 is 11.3 Å². The summed E-state index contributed by atoms with van der Waals surface area (Å²) < 4.78 is 1.74. The standard InChI is InChI=1S/C19H16N4O2S/c24-13-5-3-11(4-6-13)18-17-14(22-19-20-10-21-23(18)19)8-12(9-15(17)25)16-2-1-7-26-16/h1-7,10,12,18,24H,8-9H2,(H,20,21,22)/t12-,18+/m0/s1. The number of Topliss-reactive ketones (excluding diaryl/α,β-unsaturated/α-hetero) is 1. The van der Waals surface area contributed by atoms with Gasteiger partial charge in [0.05, 0.1) is 0 Å². The van der Waals surface area contributed by atoms with E-state index in [1.165, 1.54) is 11.2 Å². The zero-order valence-corrected chi connectivity index (χ0v) is 14.6. The molecule has 0 amide bonds. The third kappa shape index (κ3) is 2.35. The van der Waals surface area contributed by atoms with E-state index in [0.717, 1.165) is 23.3 Å². The number of anilines is 1. The summed E-state index contributed by atoms with van der Waals surface area (Å²) in [6.07, 6.45) is 2.78. The molecule has 3 heterocycles. The predicted molar refractivity (Wildman–Crippen MR) is 98.2 cm³/mol. The van der Waals surface area contributed by atoms with Gasteiger partial charge in [-0.2, -0.15) is 10.1 Å². The van der Waals surface area contributed by atoms with E-state index in [0.29, 0.717) is 12.4 Å². The Hall–Kier alpha value is -2.93. The summed E-state index contributed by atoms with van der Waals surface area (Å²) in [6.45, 7) is 0. The fraction of sp³-hybridized carbons (Fsp3) is 0.211. The maximum Gasteiger partial charge on any atom is 0.226 e. The number of thiophene rings is 1. The Bertz CT molecular complexity index is 1000. The maximum atomic E-state index is 13.1. The molecular formula is C19H16N4O2S. The number of nitrogens with zero attached hydrogens (tertiary/aromatic N) is 3. The minimum absolute atomic E-state index is 0.136. The molecule has 2 atom stereocenters. The molecule has 0 spiro atoms. The first-order valence-electron chi connectivity index (χ1n) is 8.46. The number of rotatable bonds is 2. The van der Waals surface area contributed by atoms with Crippen LogP contribution in [0.5, 0.6) is 5.75 Å². The van der Waals surface area contributed by atoms with Crippen LogP contribution in [-0.2, 0) is 4.79 Å². The van der Waals surface area contributed by atoms with Gasteiger partial charge in [-0.05, 0) is 35.6 Å². The summed E-state index contributed by atoms with van der Waals surface area (Å²) in [5, 5.41) is 19.3. The second-order valence-corrected chi connectivity index (χ2v) is 7.56. The maximum absolute atomic E-state index is 13.1. The van der Waals surface area contributed by atoms with Crippen molar-refractivity contribution in [2.45, 2.75) is 24.8 Å². The van der Waals surface area contributed by atoms with Crippen LogP contribution in [0.3, 0.4) is 0 Å². The number of allylic oxidation sites excluding steroid dienone is 2. The molecule has 2 N–H and O–H groups in total. The van der Waals surface area contributed by atoms with E-state index in [1.807, 2.05) is 23.6 Å². The summed E-state index contributed by atoms with van der Waals surface area (Å²) in [5.74, 6) is 1.17. The van der Waals surface area contributed by atoms with Crippen LogP contribution in [0.4, 0.5) is 5.95 Å². The van der Waals surface area contributed by atoms with Crippen LogP contribution in [0.1, 0.15) is 35.2 Å². The molecule has 0 bridgehead atoms. The molecule has 1 aliphatic carbocycles. The number of fused-ring (bicyclic) bond motifs is 1. The van der Waals surface area contributed by atoms with Crippen molar-refractivity contribution in [3.63, 3.8) is 0 Å². The number of aromatic hydroxyl groups is 1. The number of hydrogen-bond donors (Lipinski definition) is 2. The molecule has 130 valence electrons. The molecule has 0 radical (unpaired) electrons. The molecule has 2 aliphatic rings. The molecule has 1 aliphatic heterocycles. The Morgan fingerprint density at radius 2 is 2.04 bits per heavy atom. The fourth-order valence-electron chi connectivity index (χ4n) is 3.84. The van der Waals surface area contributed by atoms with E-state index < -0.39 is 0 Å². The summed E-state index contributed by atoms with van der Waals surface area (Å²) in [5.41, 5.74) is 2.59. The molecule has 2 aromatic heterocycles. The van der Waals surface area contributed by atoms with Crippen LogP contribution in [0.2, 0.25) is 0 Å². The number of carbonyl (C=O) groups is 1. The van der Waals surface area contributed by atoms with Gasteiger partial charge in [-0.15, -0.1) is 11.3 Å².